The number of morpholine rings is 1. The maximum absolute atomic E-state index is 12.6. The van der Waals surface area contributed by atoms with E-state index in [4.69, 9.17) is 4.74 Å². The molecule has 2 aliphatic rings. The van der Waals surface area contributed by atoms with Crippen molar-refractivity contribution in [1.29, 1.82) is 0 Å². The van der Waals surface area contributed by atoms with Gasteiger partial charge in [-0.15, -0.1) is 0 Å². The van der Waals surface area contributed by atoms with Crippen LogP contribution in [0.2, 0.25) is 0 Å². The number of fused-ring (bicyclic) bond motifs is 1. The van der Waals surface area contributed by atoms with E-state index in [1.54, 1.807) is 0 Å². The second-order valence-corrected chi connectivity index (χ2v) is 6.18. The predicted octanol–water partition coefficient (Wildman–Crippen LogP) is 0.890. The summed E-state index contributed by atoms with van der Waals surface area (Å²) in [5.74, 6) is -0.0285. The Hall–Kier alpha value is -0.920. The van der Waals surface area contributed by atoms with Crippen LogP contribution in [0.15, 0.2) is 4.47 Å². The van der Waals surface area contributed by atoms with Crippen LogP contribution in [0.4, 0.5) is 0 Å². The van der Waals surface area contributed by atoms with Crippen molar-refractivity contribution in [2.24, 2.45) is 0 Å². The topological polar surface area (TPSA) is 61.5 Å². The molecule has 7 heteroatoms. The number of nitrogens with zero attached hydrogens (tertiary/aromatic N) is 3. The maximum atomic E-state index is 12.6. The SMILES string of the molecule is CCc1[nH]nc(C(=O)N2C[C@H]3OCCN(C)[C@H]3C2)c1Br. The Bertz CT molecular complexity index is 518. The number of aromatic amines is 1. The Morgan fingerprint density at radius 2 is 2.35 bits per heavy atom. The first-order valence-corrected chi connectivity index (χ1v) is 7.75. The number of hydrogen-bond donors (Lipinski definition) is 1. The second kappa shape index (κ2) is 5.46. The van der Waals surface area contributed by atoms with Crippen LogP contribution in [-0.4, -0.2) is 71.3 Å². The van der Waals surface area contributed by atoms with Crippen LogP contribution >= 0.6 is 15.9 Å². The van der Waals surface area contributed by atoms with Gasteiger partial charge in [-0.3, -0.25) is 14.8 Å². The van der Waals surface area contributed by atoms with Gasteiger partial charge >= 0.3 is 0 Å². The molecule has 0 spiro atoms. The van der Waals surface area contributed by atoms with E-state index in [2.05, 4.69) is 38.1 Å². The molecule has 20 heavy (non-hydrogen) atoms. The van der Waals surface area contributed by atoms with Gasteiger partial charge in [-0.25, -0.2) is 0 Å². The molecule has 1 aromatic rings. The minimum atomic E-state index is -0.0285. The van der Waals surface area contributed by atoms with Crippen LogP contribution in [0.25, 0.3) is 0 Å². The first-order valence-electron chi connectivity index (χ1n) is 6.95. The molecule has 1 aromatic heterocycles. The average Bonchev–Trinajstić information content (AvgIpc) is 3.02. The Morgan fingerprint density at radius 1 is 1.55 bits per heavy atom. The van der Waals surface area contributed by atoms with Gasteiger partial charge in [0.05, 0.1) is 23.2 Å². The number of nitrogens with one attached hydrogen (secondary N) is 1. The van der Waals surface area contributed by atoms with Gasteiger partial charge in [-0.2, -0.15) is 5.10 Å². The van der Waals surface area contributed by atoms with E-state index in [0.717, 1.165) is 29.7 Å². The monoisotopic (exact) mass is 342 g/mol. The number of amides is 1. The molecule has 110 valence electrons. The largest absolute Gasteiger partial charge is 0.373 e. The van der Waals surface area contributed by atoms with E-state index in [1.165, 1.54) is 0 Å². The molecule has 2 fully saturated rings. The third-order valence-corrected chi connectivity index (χ3v) is 5.05. The number of halogens is 1. The highest BCUT2D eigenvalue weighted by Crippen LogP contribution is 2.26. The van der Waals surface area contributed by atoms with Crippen molar-refractivity contribution in [2.45, 2.75) is 25.5 Å². The molecule has 0 aliphatic carbocycles. The number of rotatable bonds is 2. The molecule has 3 heterocycles. The van der Waals surface area contributed by atoms with E-state index in [0.29, 0.717) is 24.8 Å². The van der Waals surface area contributed by atoms with Crippen molar-refractivity contribution < 1.29 is 9.53 Å². The van der Waals surface area contributed by atoms with Gasteiger partial charge in [-0.05, 0) is 29.4 Å². The fourth-order valence-electron chi connectivity index (χ4n) is 2.91. The number of H-pyrrole nitrogens is 1. The Morgan fingerprint density at radius 3 is 3.00 bits per heavy atom. The third-order valence-electron chi connectivity index (χ3n) is 4.20. The molecule has 6 nitrogen and oxygen atoms in total. The molecule has 2 atom stereocenters. The zero-order valence-corrected chi connectivity index (χ0v) is 13.3. The minimum Gasteiger partial charge on any atom is -0.373 e. The predicted molar refractivity (Wildman–Crippen MR) is 77.7 cm³/mol. The van der Waals surface area contributed by atoms with Gasteiger partial charge in [0.1, 0.15) is 0 Å². The lowest BCUT2D eigenvalue weighted by Crippen LogP contribution is -2.48. The summed E-state index contributed by atoms with van der Waals surface area (Å²) in [4.78, 5) is 16.7. The number of hydrogen-bond acceptors (Lipinski definition) is 4. The van der Waals surface area contributed by atoms with Gasteiger partial charge in [0.2, 0.25) is 0 Å². The Balaban J connectivity index is 1.76. The van der Waals surface area contributed by atoms with Crippen molar-refractivity contribution in [3.63, 3.8) is 0 Å². The van der Waals surface area contributed by atoms with Crippen molar-refractivity contribution >= 4 is 21.8 Å². The Labute approximate surface area is 126 Å². The number of likely N-dealkylation sites (tertiary alicyclic amines) is 1. The normalized spacial score (nSPS) is 26.9. The number of carbonyl (C=O) groups is 1. The van der Waals surface area contributed by atoms with Gasteiger partial charge < -0.3 is 9.64 Å². The van der Waals surface area contributed by atoms with E-state index in [-0.39, 0.29) is 12.0 Å². The van der Waals surface area contributed by atoms with E-state index in [1.807, 2.05) is 11.8 Å². The Kier molecular flexibility index (Phi) is 3.83. The lowest BCUT2D eigenvalue weighted by molar-refractivity contribution is -0.0368. The van der Waals surface area contributed by atoms with Gasteiger partial charge in [0.25, 0.3) is 5.91 Å². The van der Waals surface area contributed by atoms with Crippen LogP contribution in [-0.2, 0) is 11.2 Å². The molecule has 3 rings (SSSR count). The lowest BCUT2D eigenvalue weighted by Gasteiger charge is -2.33. The van der Waals surface area contributed by atoms with Crippen molar-refractivity contribution in [2.75, 3.05) is 33.3 Å². The van der Waals surface area contributed by atoms with Gasteiger partial charge in [-0.1, -0.05) is 6.92 Å². The number of carbonyl (C=O) groups excluding carboxylic acids is 1. The number of ether oxygens (including phenoxy) is 1. The van der Waals surface area contributed by atoms with Crippen LogP contribution in [0.5, 0.6) is 0 Å². The molecule has 0 unspecified atom stereocenters. The molecule has 1 N–H and O–H groups in total. The minimum absolute atomic E-state index is 0.0285. The summed E-state index contributed by atoms with van der Waals surface area (Å²) in [6.45, 7) is 5.05. The van der Waals surface area contributed by atoms with Crippen molar-refractivity contribution in [1.82, 2.24) is 20.0 Å². The van der Waals surface area contributed by atoms with Crippen molar-refractivity contribution in [3.05, 3.63) is 15.9 Å². The summed E-state index contributed by atoms with van der Waals surface area (Å²) in [5, 5.41) is 7.06. The highest BCUT2D eigenvalue weighted by atomic mass is 79.9. The van der Waals surface area contributed by atoms with Crippen molar-refractivity contribution in [3.8, 4) is 0 Å². The summed E-state index contributed by atoms with van der Waals surface area (Å²) >= 11 is 3.46. The second-order valence-electron chi connectivity index (χ2n) is 5.39. The third kappa shape index (κ3) is 2.27. The van der Waals surface area contributed by atoms with Crippen LogP contribution < -0.4 is 0 Å². The summed E-state index contributed by atoms with van der Waals surface area (Å²) < 4.78 is 6.56. The highest BCUT2D eigenvalue weighted by molar-refractivity contribution is 9.10. The van der Waals surface area contributed by atoms with E-state index < -0.39 is 0 Å². The zero-order chi connectivity index (χ0) is 14.3. The first kappa shape index (κ1) is 14.0. The standard InChI is InChI=1S/C13H19BrN4O2/c1-3-8-11(14)12(16-15-8)13(19)18-6-9-10(7-18)20-5-4-17(9)2/h9-10H,3-7H2,1-2H3,(H,15,16)/t9-,10+/m0/s1. The quantitative estimate of drug-likeness (QED) is 0.867. The van der Waals surface area contributed by atoms with E-state index in [9.17, 15) is 4.79 Å². The molecule has 0 bridgehead atoms. The van der Waals surface area contributed by atoms with Crippen LogP contribution in [0.1, 0.15) is 23.1 Å². The summed E-state index contributed by atoms with van der Waals surface area (Å²) in [5.41, 5.74) is 1.43. The molecule has 0 radical (unpaired) electrons. The fourth-order valence-corrected chi connectivity index (χ4v) is 3.54. The molecule has 0 saturated carbocycles. The zero-order valence-electron chi connectivity index (χ0n) is 11.7. The highest BCUT2D eigenvalue weighted by Gasteiger charge is 2.41. The average molecular weight is 343 g/mol. The molecule has 2 aliphatic heterocycles. The smallest absolute Gasteiger partial charge is 0.275 e. The summed E-state index contributed by atoms with van der Waals surface area (Å²) in [6, 6.07) is 0.302. The van der Waals surface area contributed by atoms with Crippen LogP contribution in [0, 0.1) is 0 Å². The van der Waals surface area contributed by atoms with Gasteiger partial charge in [0, 0.05) is 25.3 Å². The molecule has 0 aromatic carbocycles. The number of aromatic nitrogens is 2. The van der Waals surface area contributed by atoms with E-state index >= 15 is 0 Å². The first-order chi connectivity index (χ1) is 9.61. The fraction of sp³-hybridized carbons (Fsp3) is 0.692. The van der Waals surface area contributed by atoms with Crippen LogP contribution in [0.3, 0.4) is 0 Å². The summed E-state index contributed by atoms with van der Waals surface area (Å²) in [6.07, 6.45) is 0.943. The number of likely N-dealkylation sites (N-methyl/N-ethyl adjacent to an activating group) is 1. The van der Waals surface area contributed by atoms with Gasteiger partial charge in [0.15, 0.2) is 5.69 Å². The number of aryl methyl sites for hydroxylation is 1. The summed E-state index contributed by atoms with van der Waals surface area (Å²) in [7, 11) is 2.09. The molecular formula is C13H19BrN4O2. The molecular weight excluding hydrogens is 324 g/mol. The maximum Gasteiger partial charge on any atom is 0.275 e. The lowest BCUT2D eigenvalue weighted by atomic mass is 10.1. The molecule has 2 saturated heterocycles. The molecule has 1 amide bonds.